The molecular weight excluding hydrogens is 232 g/mol. The van der Waals surface area contributed by atoms with Crippen molar-refractivity contribution in [3.63, 3.8) is 0 Å². The summed E-state index contributed by atoms with van der Waals surface area (Å²) in [4.78, 5) is 11.3. The van der Waals surface area contributed by atoms with Gasteiger partial charge in [0, 0.05) is 24.3 Å². The summed E-state index contributed by atoms with van der Waals surface area (Å²) in [6.07, 6.45) is 3.76. The number of rotatable bonds is 7. The normalized spacial score (nSPS) is 10.0. The van der Waals surface area contributed by atoms with E-state index in [2.05, 4.69) is 16.9 Å². The summed E-state index contributed by atoms with van der Waals surface area (Å²) in [7, 11) is 0. The van der Waals surface area contributed by atoms with E-state index in [9.17, 15) is 4.79 Å². The first-order chi connectivity index (χ1) is 8.26. The van der Waals surface area contributed by atoms with Crippen LogP contribution in [0.5, 0.6) is 0 Å². The average Bonchev–Trinajstić information content (AvgIpc) is 2.35. The molecule has 0 aromatic heterocycles. The second kappa shape index (κ2) is 8.01. The molecule has 0 saturated heterocycles. The van der Waals surface area contributed by atoms with Crippen molar-refractivity contribution in [2.45, 2.75) is 19.8 Å². The molecule has 0 atom stereocenters. The van der Waals surface area contributed by atoms with Gasteiger partial charge in [-0.3, -0.25) is 4.79 Å². The van der Waals surface area contributed by atoms with Gasteiger partial charge in [0.1, 0.15) is 0 Å². The second-order valence-electron chi connectivity index (χ2n) is 3.76. The van der Waals surface area contributed by atoms with Crippen LogP contribution in [0, 0.1) is 0 Å². The first kappa shape index (κ1) is 13.9. The number of benzene rings is 1. The minimum Gasteiger partial charge on any atom is -0.385 e. The van der Waals surface area contributed by atoms with E-state index < -0.39 is 0 Å². The second-order valence-corrected chi connectivity index (χ2v) is 4.74. The molecule has 0 unspecified atom stereocenters. The van der Waals surface area contributed by atoms with Crippen LogP contribution >= 0.6 is 11.8 Å². The fraction of sp³-hybridized carbons (Fsp3) is 0.462. The van der Waals surface area contributed by atoms with Crippen LogP contribution in [0.2, 0.25) is 0 Å². The van der Waals surface area contributed by atoms with Gasteiger partial charge in [-0.25, -0.2) is 0 Å². The fourth-order valence-electron chi connectivity index (χ4n) is 1.41. The average molecular weight is 252 g/mol. The van der Waals surface area contributed by atoms with E-state index in [1.807, 2.05) is 43.0 Å². The Balaban J connectivity index is 2.45. The van der Waals surface area contributed by atoms with E-state index in [-0.39, 0.29) is 5.91 Å². The van der Waals surface area contributed by atoms with Crippen molar-refractivity contribution in [1.29, 1.82) is 0 Å². The molecule has 1 aromatic carbocycles. The number of anilines is 2. The van der Waals surface area contributed by atoms with Gasteiger partial charge in [-0.2, -0.15) is 11.8 Å². The Morgan fingerprint density at radius 2 is 2.12 bits per heavy atom. The third-order valence-electron chi connectivity index (χ3n) is 2.32. The van der Waals surface area contributed by atoms with Crippen LogP contribution in [0.15, 0.2) is 24.3 Å². The van der Waals surface area contributed by atoms with E-state index in [0.29, 0.717) is 6.42 Å². The summed E-state index contributed by atoms with van der Waals surface area (Å²) >= 11 is 1.85. The summed E-state index contributed by atoms with van der Waals surface area (Å²) < 4.78 is 0. The zero-order valence-corrected chi connectivity index (χ0v) is 11.3. The molecule has 0 heterocycles. The van der Waals surface area contributed by atoms with Crippen LogP contribution in [0.3, 0.4) is 0 Å². The molecule has 2 N–H and O–H groups in total. The molecule has 0 fully saturated rings. The summed E-state index contributed by atoms with van der Waals surface area (Å²) in [6.45, 7) is 2.81. The number of hydrogen-bond donors (Lipinski definition) is 2. The lowest BCUT2D eigenvalue weighted by atomic mass is 10.2. The maximum absolute atomic E-state index is 11.3. The molecule has 1 amide bonds. The molecule has 0 saturated carbocycles. The van der Waals surface area contributed by atoms with Crippen LogP contribution in [0.1, 0.15) is 19.8 Å². The Bertz CT molecular complexity index is 355. The van der Waals surface area contributed by atoms with Crippen LogP contribution < -0.4 is 10.6 Å². The van der Waals surface area contributed by atoms with E-state index in [1.54, 1.807) is 0 Å². The van der Waals surface area contributed by atoms with Gasteiger partial charge in [-0.1, -0.05) is 13.0 Å². The molecule has 0 spiro atoms. The third kappa shape index (κ3) is 5.63. The van der Waals surface area contributed by atoms with Gasteiger partial charge in [-0.15, -0.1) is 0 Å². The smallest absolute Gasteiger partial charge is 0.224 e. The Labute approximate surface area is 107 Å². The van der Waals surface area contributed by atoms with E-state index in [1.165, 1.54) is 5.75 Å². The van der Waals surface area contributed by atoms with Crippen molar-refractivity contribution in [2.24, 2.45) is 0 Å². The SMILES string of the molecule is CCC(=O)Nc1cccc(NCCCSC)c1. The highest BCUT2D eigenvalue weighted by Gasteiger charge is 1.99. The van der Waals surface area contributed by atoms with E-state index >= 15 is 0 Å². The molecule has 1 rings (SSSR count). The van der Waals surface area contributed by atoms with Crippen molar-refractivity contribution >= 4 is 29.0 Å². The zero-order valence-electron chi connectivity index (χ0n) is 10.5. The highest BCUT2D eigenvalue weighted by molar-refractivity contribution is 7.98. The maximum atomic E-state index is 11.3. The standard InChI is InChI=1S/C13H20N2OS/c1-3-13(16)15-12-7-4-6-11(10-12)14-8-5-9-17-2/h4,6-7,10,14H,3,5,8-9H2,1-2H3,(H,15,16). The van der Waals surface area contributed by atoms with Gasteiger partial charge in [0.15, 0.2) is 0 Å². The first-order valence-corrected chi connectivity index (χ1v) is 7.28. The lowest BCUT2D eigenvalue weighted by molar-refractivity contribution is -0.115. The minimum atomic E-state index is 0.0459. The highest BCUT2D eigenvalue weighted by atomic mass is 32.2. The number of carbonyl (C=O) groups excluding carboxylic acids is 1. The van der Waals surface area contributed by atoms with Crippen LogP contribution in [0.4, 0.5) is 11.4 Å². The van der Waals surface area contributed by atoms with E-state index in [0.717, 1.165) is 24.3 Å². The fourth-order valence-corrected chi connectivity index (χ4v) is 1.84. The molecule has 3 nitrogen and oxygen atoms in total. The third-order valence-corrected chi connectivity index (χ3v) is 3.02. The minimum absolute atomic E-state index is 0.0459. The molecule has 0 radical (unpaired) electrons. The molecule has 94 valence electrons. The maximum Gasteiger partial charge on any atom is 0.224 e. The highest BCUT2D eigenvalue weighted by Crippen LogP contribution is 2.15. The molecule has 0 aliphatic rings. The van der Waals surface area contributed by atoms with E-state index in [4.69, 9.17) is 0 Å². The van der Waals surface area contributed by atoms with Crippen LogP contribution in [-0.4, -0.2) is 24.5 Å². The largest absolute Gasteiger partial charge is 0.385 e. The zero-order chi connectivity index (χ0) is 12.5. The van der Waals surface area contributed by atoms with Crippen molar-refractivity contribution in [3.05, 3.63) is 24.3 Å². The molecule has 1 aromatic rings. The molecule has 0 bridgehead atoms. The number of hydrogen-bond acceptors (Lipinski definition) is 3. The summed E-state index contributed by atoms with van der Waals surface area (Å²) in [6, 6.07) is 7.83. The van der Waals surface area contributed by atoms with Gasteiger partial charge >= 0.3 is 0 Å². The molecule has 4 heteroatoms. The summed E-state index contributed by atoms with van der Waals surface area (Å²) in [5.41, 5.74) is 1.91. The molecular formula is C13H20N2OS. The molecule has 17 heavy (non-hydrogen) atoms. The van der Waals surface area contributed by atoms with Crippen molar-refractivity contribution < 1.29 is 4.79 Å². The Kier molecular flexibility index (Phi) is 6.55. The van der Waals surface area contributed by atoms with Crippen LogP contribution in [0.25, 0.3) is 0 Å². The number of nitrogens with one attached hydrogen (secondary N) is 2. The number of amides is 1. The number of carbonyl (C=O) groups is 1. The summed E-state index contributed by atoms with van der Waals surface area (Å²) in [5, 5.41) is 6.20. The van der Waals surface area contributed by atoms with Gasteiger partial charge in [0.25, 0.3) is 0 Å². The van der Waals surface area contributed by atoms with Gasteiger partial charge in [0.2, 0.25) is 5.91 Å². The predicted octanol–water partition coefficient (Wildman–Crippen LogP) is 3.20. The van der Waals surface area contributed by atoms with Crippen molar-refractivity contribution in [3.8, 4) is 0 Å². The monoisotopic (exact) mass is 252 g/mol. The van der Waals surface area contributed by atoms with Gasteiger partial charge in [-0.05, 0) is 36.6 Å². The van der Waals surface area contributed by atoms with Gasteiger partial charge in [0.05, 0.1) is 0 Å². The quantitative estimate of drug-likeness (QED) is 0.732. The van der Waals surface area contributed by atoms with Crippen molar-refractivity contribution in [1.82, 2.24) is 0 Å². The lowest BCUT2D eigenvalue weighted by Gasteiger charge is -2.08. The summed E-state index contributed by atoms with van der Waals surface area (Å²) in [5.74, 6) is 1.21. The molecule has 0 aliphatic heterocycles. The Hall–Kier alpha value is -1.16. The van der Waals surface area contributed by atoms with Crippen molar-refractivity contribution in [2.75, 3.05) is 29.2 Å². The molecule has 0 aliphatic carbocycles. The number of thioether (sulfide) groups is 1. The lowest BCUT2D eigenvalue weighted by Crippen LogP contribution is -2.10. The Morgan fingerprint density at radius 3 is 2.82 bits per heavy atom. The Morgan fingerprint density at radius 1 is 1.35 bits per heavy atom. The van der Waals surface area contributed by atoms with Crippen LogP contribution in [-0.2, 0) is 4.79 Å². The topological polar surface area (TPSA) is 41.1 Å². The van der Waals surface area contributed by atoms with Gasteiger partial charge < -0.3 is 10.6 Å². The first-order valence-electron chi connectivity index (χ1n) is 5.89. The predicted molar refractivity (Wildman–Crippen MR) is 76.9 cm³/mol.